The minimum absolute atomic E-state index is 0.404. The number of nitrogens with zero attached hydrogens (tertiary/aromatic N) is 1. The number of hydrogen-bond donors (Lipinski definition) is 0. The molecule has 1 aromatic carbocycles. The Balaban J connectivity index is 3.15. The van der Waals surface area contributed by atoms with Gasteiger partial charge < -0.3 is 4.74 Å². The van der Waals surface area contributed by atoms with Crippen molar-refractivity contribution in [3.05, 3.63) is 29.3 Å². The molecule has 0 N–H and O–H groups in total. The van der Waals surface area contributed by atoms with E-state index in [0.29, 0.717) is 5.56 Å². The molecule has 0 aliphatic rings. The highest BCUT2D eigenvalue weighted by atomic mass is 32.2. The number of esters is 1. The van der Waals surface area contributed by atoms with Gasteiger partial charge in [0.25, 0.3) is 0 Å². The first-order chi connectivity index (χ1) is 6.70. The maximum absolute atomic E-state index is 11.3. The monoisotopic (exact) mass is 206 g/mol. The normalized spacial score (nSPS) is 9.21. The molecule has 0 spiro atoms. The highest BCUT2D eigenvalue weighted by Crippen LogP contribution is 2.23. The Labute approximate surface area is 86.7 Å². The molecule has 0 saturated heterocycles. The molecule has 0 atom stereocenters. The number of carbonyl (C=O) groups is 1. The largest absolute Gasteiger partial charge is 0.465 e. The number of thioether (sulfide) groups is 1. The molecule has 0 unspecified atom stereocenters. The van der Waals surface area contributed by atoms with E-state index in [9.17, 15) is 4.79 Å². The highest BCUT2D eigenvalue weighted by molar-refractivity contribution is 8.03. The summed E-state index contributed by atoms with van der Waals surface area (Å²) in [5.41, 5.74) is 1.20. The fourth-order valence-electron chi connectivity index (χ4n) is 1.03. The number of carbonyl (C=O) groups excluding carboxylic acids is 1. The average molecular weight is 206 g/mol. The van der Waals surface area contributed by atoms with Crippen LogP contribution in [0.2, 0.25) is 0 Å². The quantitative estimate of drug-likeness (QED) is 0.422. The average Bonchev–Trinajstić information content (AvgIpc) is 2.20. The molecule has 14 heavy (non-hydrogen) atoms. The van der Waals surface area contributed by atoms with Gasteiger partial charge in [-0.3, -0.25) is 0 Å². The van der Waals surface area contributed by atoms with E-state index in [4.69, 9.17) is 5.26 Å². The molecule has 1 rings (SSSR count). The van der Waals surface area contributed by atoms with E-state index < -0.39 is 5.97 Å². The molecular weight excluding hydrogens is 198 g/mol. The van der Waals surface area contributed by atoms with Gasteiger partial charge in [0, 0.05) is 4.90 Å². The number of ether oxygens (including phenoxy) is 1. The summed E-state index contributed by atoms with van der Waals surface area (Å²) < 4.78 is 4.60. The molecule has 1 aromatic rings. The number of nitriles is 1. The van der Waals surface area contributed by atoms with Gasteiger partial charge >= 0.3 is 5.97 Å². The zero-order valence-corrected chi connectivity index (χ0v) is 8.64. The van der Waals surface area contributed by atoms with Gasteiger partial charge in [-0.15, -0.1) is 0 Å². The first kappa shape index (κ1) is 10.6. The molecule has 0 amide bonds. The minimum atomic E-state index is -0.404. The fraction of sp³-hybridized carbons (Fsp3) is 0.200. The predicted octanol–water partition coefficient (Wildman–Crippen LogP) is 2.15. The molecule has 0 aliphatic heterocycles. The minimum Gasteiger partial charge on any atom is -0.465 e. The molecular formula is C10H8NO2S. The van der Waals surface area contributed by atoms with Crippen molar-refractivity contribution in [1.82, 2.24) is 0 Å². The summed E-state index contributed by atoms with van der Waals surface area (Å²) in [6.07, 6.45) is 0. The van der Waals surface area contributed by atoms with Crippen molar-refractivity contribution in [3.63, 3.8) is 0 Å². The second-order valence-electron chi connectivity index (χ2n) is 2.54. The maximum Gasteiger partial charge on any atom is 0.338 e. The van der Waals surface area contributed by atoms with Crippen LogP contribution in [0.1, 0.15) is 15.9 Å². The van der Waals surface area contributed by atoms with Gasteiger partial charge in [-0.2, -0.15) is 5.26 Å². The van der Waals surface area contributed by atoms with Crippen LogP contribution < -0.4 is 0 Å². The Morgan fingerprint density at radius 2 is 2.36 bits per heavy atom. The second-order valence-corrected chi connectivity index (χ2v) is 3.37. The smallest absolute Gasteiger partial charge is 0.338 e. The summed E-state index contributed by atoms with van der Waals surface area (Å²) >= 11 is 1.01. The lowest BCUT2D eigenvalue weighted by Crippen LogP contribution is -2.04. The number of hydrogen-bond acceptors (Lipinski definition) is 4. The van der Waals surface area contributed by atoms with Crippen LogP contribution in [-0.4, -0.2) is 13.1 Å². The van der Waals surface area contributed by atoms with Crippen LogP contribution in [0.15, 0.2) is 17.0 Å². The lowest BCUT2D eigenvalue weighted by molar-refractivity contribution is 0.0599. The third kappa shape index (κ3) is 2.06. The van der Waals surface area contributed by atoms with Crippen molar-refractivity contribution >= 4 is 17.7 Å². The van der Waals surface area contributed by atoms with Crippen LogP contribution in [0, 0.1) is 23.7 Å². The Morgan fingerprint density at radius 3 is 2.93 bits per heavy atom. The third-order valence-corrected chi connectivity index (χ3v) is 2.51. The van der Waals surface area contributed by atoms with Crippen molar-refractivity contribution in [2.75, 3.05) is 7.11 Å². The Kier molecular flexibility index (Phi) is 3.55. The summed E-state index contributed by atoms with van der Waals surface area (Å²) in [4.78, 5) is 12.0. The standard InChI is InChI=1S/C10H8NO2S/c1-7-8(10(12)13-2)4-3-5-9(7)14-6-11/h4-5H,1-2H3. The fourth-order valence-corrected chi connectivity index (χ4v) is 1.52. The number of methoxy groups -OCH3 is 1. The Hall–Kier alpha value is -1.47. The SMILES string of the molecule is COC(=O)c1c[c]cc(SC#N)c1C. The van der Waals surface area contributed by atoms with Gasteiger partial charge in [-0.25, -0.2) is 4.79 Å². The Morgan fingerprint density at radius 1 is 1.64 bits per heavy atom. The first-order valence-electron chi connectivity index (χ1n) is 3.85. The molecule has 1 radical (unpaired) electrons. The van der Waals surface area contributed by atoms with Gasteiger partial charge in [0.1, 0.15) is 5.40 Å². The van der Waals surface area contributed by atoms with Crippen molar-refractivity contribution in [2.45, 2.75) is 11.8 Å². The van der Waals surface area contributed by atoms with E-state index in [2.05, 4.69) is 10.8 Å². The van der Waals surface area contributed by atoms with Crippen molar-refractivity contribution in [1.29, 1.82) is 5.26 Å². The van der Waals surface area contributed by atoms with Crippen molar-refractivity contribution in [2.24, 2.45) is 0 Å². The van der Waals surface area contributed by atoms with Gasteiger partial charge in [0.05, 0.1) is 12.7 Å². The zero-order valence-electron chi connectivity index (χ0n) is 7.83. The lowest BCUT2D eigenvalue weighted by Gasteiger charge is -2.05. The van der Waals surface area contributed by atoms with Crippen LogP contribution in [0.4, 0.5) is 0 Å². The van der Waals surface area contributed by atoms with Crippen molar-refractivity contribution in [3.8, 4) is 5.40 Å². The molecule has 0 fully saturated rings. The van der Waals surface area contributed by atoms with Crippen LogP contribution >= 0.6 is 11.8 Å². The summed E-state index contributed by atoms with van der Waals surface area (Å²) in [5, 5.41) is 10.5. The van der Waals surface area contributed by atoms with Crippen LogP contribution in [0.25, 0.3) is 0 Å². The van der Waals surface area contributed by atoms with E-state index >= 15 is 0 Å². The van der Waals surface area contributed by atoms with Gasteiger partial charge in [0.15, 0.2) is 0 Å². The van der Waals surface area contributed by atoms with E-state index in [0.717, 1.165) is 22.2 Å². The topological polar surface area (TPSA) is 50.1 Å². The van der Waals surface area contributed by atoms with E-state index in [1.165, 1.54) is 7.11 Å². The second kappa shape index (κ2) is 4.68. The molecule has 0 heterocycles. The summed E-state index contributed by atoms with van der Waals surface area (Å²) in [5.74, 6) is -0.404. The zero-order chi connectivity index (χ0) is 10.6. The predicted molar refractivity (Wildman–Crippen MR) is 52.8 cm³/mol. The Bertz CT molecular complexity index is 396. The molecule has 4 heteroatoms. The first-order valence-corrected chi connectivity index (χ1v) is 4.67. The molecule has 0 aromatic heterocycles. The molecule has 0 saturated carbocycles. The van der Waals surface area contributed by atoms with E-state index in [-0.39, 0.29) is 0 Å². The number of thiocyanates is 1. The molecule has 71 valence electrons. The van der Waals surface area contributed by atoms with Gasteiger partial charge in [-0.05, 0) is 42.4 Å². The van der Waals surface area contributed by atoms with Crippen molar-refractivity contribution < 1.29 is 9.53 Å². The number of rotatable bonds is 2. The lowest BCUT2D eigenvalue weighted by atomic mass is 10.1. The van der Waals surface area contributed by atoms with E-state index in [1.807, 2.05) is 5.40 Å². The van der Waals surface area contributed by atoms with Gasteiger partial charge in [0.2, 0.25) is 0 Å². The van der Waals surface area contributed by atoms with Crippen LogP contribution in [0.3, 0.4) is 0 Å². The maximum atomic E-state index is 11.3. The molecule has 0 aliphatic carbocycles. The number of benzene rings is 1. The van der Waals surface area contributed by atoms with Crippen LogP contribution in [0.5, 0.6) is 0 Å². The van der Waals surface area contributed by atoms with E-state index in [1.54, 1.807) is 19.1 Å². The summed E-state index contributed by atoms with van der Waals surface area (Å²) in [6, 6.07) is 6.03. The van der Waals surface area contributed by atoms with Crippen LogP contribution in [-0.2, 0) is 4.74 Å². The third-order valence-electron chi connectivity index (χ3n) is 1.78. The molecule has 3 nitrogen and oxygen atoms in total. The van der Waals surface area contributed by atoms with Gasteiger partial charge in [-0.1, -0.05) is 0 Å². The highest BCUT2D eigenvalue weighted by Gasteiger charge is 2.11. The summed E-state index contributed by atoms with van der Waals surface area (Å²) in [6.45, 7) is 1.78. The summed E-state index contributed by atoms with van der Waals surface area (Å²) in [7, 11) is 1.33. The molecule has 0 bridgehead atoms.